The molecule has 0 aliphatic heterocycles. The molecule has 1 aromatic heterocycles. The molecule has 3 aromatic rings. The molecule has 1 aliphatic carbocycles. The Morgan fingerprint density at radius 1 is 1.00 bits per heavy atom. The van der Waals surface area contributed by atoms with Crippen molar-refractivity contribution in [2.24, 2.45) is 0 Å². The normalized spacial score (nSPS) is 13.9. The number of aromatic amines is 1. The number of benzene rings is 2. The Morgan fingerprint density at radius 3 is 2.21 bits per heavy atom. The van der Waals surface area contributed by atoms with Crippen molar-refractivity contribution in [2.75, 3.05) is 13.2 Å². The van der Waals surface area contributed by atoms with Crippen LogP contribution in [0, 0.1) is 0 Å². The van der Waals surface area contributed by atoms with Crippen molar-refractivity contribution in [1.82, 2.24) is 20.6 Å². The topological polar surface area (TPSA) is 154 Å². The van der Waals surface area contributed by atoms with E-state index in [-0.39, 0.29) is 18.9 Å². The molecule has 0 fully saturated rings. The van der Waals surface area contributed by atoms with E-state index in [0.717, 1.165) is 22.3 Å². The van der Waals surface area contributed by atoms with E-state index in [1.807, 2.05) is 48.5 Å². The van der Waals surface area contributed by atoms with Gasteiger partial charge in [0.25, 0.3) is 0 Å². The number of aliphatic hydroxyl groups is 1. The zero-order valence-corrected chi connectivity index (χ0v) is 18.1. The Bertz CT molecular complexity index is 1130. The molecule has 0 saturated heterocycles. The molecule has 34 heavy (non-hydrogen) atoms. The van der Waals surface area contributed by atoms with Gasteiger partial charge in [0.15, 0.2) is 0 Å². The summed E-state index contributed by atoms with van der Waals surface area (Å²) in [6.45, 7) is -0.727. The second kappa shape index (κ2) is 10.2. The van der Waals surface area contributed by atoms with Crippen molar-refractivity contribution in [3.05, 3.63) is 77.9 Å². The number of aromatic nitrogens is 2. The van der Waals surface area contributed by atoms with Gasteiger partial charge in [0, 0.05) is 24.2 Å². The molecule has 176 valence electrons. The van der Waals surface area contributed by atoms with E-state index >= 15 is 0 Å². The average molecular weight is 464 g/mol. The molecule has 2 atom stereocenters. The number of carboxylic acid groups (broad SMARTS) is 1. The third-order valence-electron chi connectivity index (χ3n) is 5.73. The van der Waals surface area contributed by atoms with Gasteiger partial charge in [-0.05, 0) is 22.3 Å². The molecule has 1 aliphatic rings. The largest absolute Gasteiger partial charge is 0.480 e. The van der Waals surface area contributed by atoms with E-state index in [2.05, 4.69) is 20.6 Å². The minimum atomic E-state index is -1.50. The molecule has 0 spiro atoms. The number of fused-ring (bicyclic) bond motifs is 3. The van der Waals surface area contributed by atoms with Gasteiger partial charge in [0.2, 0.25) is 5.91 Å². The summed E-state index contributed by atoms with van der Waals surface area (Å²) in [6, 6.07) is 13.2. The monoisotopic (exact) mass is 464 g/mol. The highest BCUT2D eigenvalue weighted by Crippen LogP contribution is 2.44. The lowest BCUT2D eigenvalue weighted by Crippen LogP contribution is -2.53. The lowest BCUT2D eigenvalue weighted by Gasteiger charge is -2.21. The van der Waals surface area contributed by atoms with Gasteiger partial charge < -0.3 is 30.6 Å². The van der Waals surface area contributed by atoms with Crippen LogP contribution >= 0.6 is 0 Å². The molecule has 2 amide bonds. The van der Waals surface area contributed by atoms with Crippen molar-refractivity contribution in [1.29, 1.82) is 0 Å². The summed E-state index contributed by atoms with van der Waals surface area (Å²) < 4.78 is 5.50. The van der Waals surface area contributed by atoms with Crippen LogP contribution in [0.5, 0.6) is 0 Å². The summed E-state index contributed by atoms with van der Waals surface area (Å²) in [5.41, 5.74) is 4.83. The summed E-state index contributed by atoms with van der Waals surface area (Å²) in [5.74, 6) is -2.31. The number of carbonyl (C=O) groups is 3. The van der Waals surface area contributed by atoms with Gasteiger partial charge in [-0.2, -0.15) is 0 Å². The van der Waals surface area contributed by atoms with Crippen LogP contribution in [0.3, 0.4) is 0 Å². The van der Waals surface area contributed by atoms with Gasteiger partial charge >= 0.3 is 12.1 Å². The third-order valence-corrected chi connectivity index (χ3v) is 5.73. The number of hydrogen-bond donors (Lipinski definition) is 5. The standard InChI is InChI=1S/C24H24N4O6/c29-11-21(23(31)32)27-22(30)20(9-14-10-25-13-26-14)28-24(33)34-12-19-17-7-3-1-5-15(17)16-6-2-4-8-18(16)19/h1-8,10,13,19-21,29H,9,11-12H2,(H,25,26)(H,27,30)(H,28,33)(H,31,32)/t20-,21-/m1/s1. The Morgan fingerprint density at radius 2 is 1.65 bits per heavy atom. The van der Waals surface area contributed by atoms with Crippen LogP contribution in [0.25, 0.3) is 11.1 Å². The molecule has 5 N–H and O–H groups in total. The van der Waals surface area contributed by atoms with E-state index < -0.39 is 36.7 Å². The van der Waals surface area contributed by atoms with Crippen molar-refractivity contribution < 1.29 is 29.3 Å². The highest BCUT2D eigenvalue weighted by Gasteiger charge is 2.31. The van der Waals surface area contributed by atoms with Crippen molar-refractivity contribution in [3.8, 4) is 11.1 Å². The Balaban J connectivity index is 1.45. The first-order chi connectivity index (χ1) is 16.5. The predicted molar refractivity (Wildman–Crippen MR) is 121 cm³/mol. The molecular formula is C24H24N4O6. The van der Waals surface area contributed by atoms with Crippen LogP contribution in [-0.4, -0.2) is 63.4 Å². The number of ether oxygens (including phenoxy) is 1. The number of aliphatic carboxylic acids is 1. The molecule has 0 bridgehead atoms. The fourth-order valence-electron chi connectivity index (χ4n) is 4.07. The highest BCUT2D eigenvalue weighted by atomic mass is 16.5. The molecule has 2 aromatic carbocycles. The zero-order chi connectivity index (χ0) is 24.1. The van der Waals surface area contributed by atoms with E-state index in [1.165, 1.54) is 12.5 Å². The van der Waals surface area contributed by atoms with Crippen LogP contribution in [0.2, 0.25) is 0 Å². The van der Waals surface area contributed by atoms with Crippen LogP contribution in [0.15, 0.2) is 61.1 Å². The number of aliphatic hydroxyl groups excluding tert-OH is 1. The maximum atomic E-state index is 12.7. The zero-order valence-electron chi connectivity index (χ0n) is 18.1. The van der Waals surface area contributed by atoms with Gasteiger partial charge in [-0.3, -0.25) is 4.79 Å². The first-order valence-electron chi connectivity index (χ1n) is 10.7. The third kappa shape index (κ3) is 4.91. The molecule has 1 heterocycles. The van der Waals surface area contributed by atoms with Crippen molar-refractivity contribution in [3.63, 3.8) is 0 Å². The number of imidazole rings is 1. The lowest BCUT2D eigenvalue weighted by molar-refractivity contribution is -0.143. The first-order valence-corrected chi connectivity index (χ1v) is 10.7. The summed E-state index contributed by atoms with van der Waals surface area (Å²) in [7, 11) is 0. The second-order valence-corrected chi connectivity index (χ2v) is 7.89. The predicted octanol–water partition coefficient (Wildman–Crippen LogP) is 1.42. The summed E-state index contributed by atoms with van der Waals surface area (Å²) in [6.07, 6.45) is 2.11. The summed E-state index contributed by atoms with van der Waals surface area (Å²) in [5, 5.41) is 23.0. The van der Waals surface area contributed by atoms with E-state index in [1.54, 1.807) is 0 Å². The molecule has 0 radical (unpaired) electrons. The molecule has 10 nitrogen and oxygen atoms in total. The van der Waals surface area contributed by atoms with Crippen LogP contribution in [0.1, 0.15) is 22.7 Å². The smallest absolute Gasteiger partial charge is 0.407 e. The van der Waals surface area contributed by atoms with Crippen LogP contribution in [0.4, 0.5) is 4.79 Å². The highest BCUT2D eigenvalue weighted by molar-refractivity contribution is 5.89. The fourth-order valence-corrected chi connectivity index (χ4v) is 4.07. The molecular weight excluding hydrogens is 440 g/mol. The van der Waals surface area contributed by atoms with Gasteiger partial charge in [-0.15, -0.1) is 0 Å². The fraction of sp³-hybridized carbons (Fsp3) is 0.250. The molecule has 10 heteroatoms. The van der Waals surface area contributed by atoms with Crippen LogP contribution in [-0.2, 0) is 20.7 Å². The molecule has 0 saturated carbocycles. The maximum absolute atomic E-state index is 12.7. The number of nitrogens with zero attached hydrogens (tertiary/aromatic N) is 1. The average Bonchev–Trinajstić information content (AvgIpc) is 3.46. The minimum absolute atomic E-state index is 0.0216. The Hall–Kier alpha value is -4.18. The lowest BCUT2D eigenvalue weighted by atomic mass is 9.98. The first kappa shape index (κ1) is 23.0. The van der Waals surface area contributed by atoms with Crippen LogP contribution < -0.4 is 10.6 Å². The van der Waals surface area contributed by atoms with Gasteiger partial charge in [-0.25, -0.2) is 14.6 Å². The number of H-pyrrole nitrogens is 1. The molecule has 0 unspecified atom stereocenters. The number of alkyl carbamates (subject to hydrolysis) is 1. The maximum Gasteiger partial charge on any atom is 0.407 e. The minimum Gasteiger partial charge on any atom is -0.480 e. The van der Waals surface area contributed by atoms with E-state index in [9.17, 15) is 19.5 Å². The Kier molecular flexibility index (Phi) is 6.88. The SMILES string of the molecule is O=C(N[C@H](Cc1cnc[nH]1)C(=O)N[C@H](CO)C(=O)O)OCC1c2ccccc2-c2ccccc21. The quantitative estimate of drug-likeness (QED) is 0.321. The number of carbonyl (C=O) groups excluding carboxylic acids is 2. The van der Waals surface area contributed by atoms with E-state index in [4.69, 9.17) is 9.84 Å². The second-order valence-electron chi connectivity index (χ2n) is 7.89. The number of amides is 2. The number of rotatable bonds is 9. The number of carboxylic acids is 1. The summed E-state index contributed by atoms with van der Waals surface area (Å²) in [4.78, 5) is 43.2. The van der Waals surface area contributed by atoms with Crippen molar-refractivity contribution >= 4 is 18.0 Å². The Labute approximate surface area is 195 Å². The van der Waals surface area contributed by atoms with Gasteiger partial charge in [-0.1, -0.05) is 48.5 Å². The summed E-state index contributed by atoms with van der Waals surface area (Å²) >= 11 is 0. The number of nitrogens with one attached hydrogen (secondary N) is 3. The molecule has 4 rings (SSSR count). The van der Waals surface area contributed by atoms with Crippen molar-refractivity contribution in [2.45, 2.75) is 24.4 Å². The van der Waals surface area contributed by atoms with Gasteiger partial charge in [0.05, 0.1) is 12.9 Å². The van der Waals surface area contributed by atoms with E-state index in [0.29, 0.717) is 5.69 Å². The number of hydrogen-bond acceptors (Lipinski definition) is 6. The van der Waals surface area contributed by atoms with Gasteiger partial charge in [0.1, 0.15) is 18.7 Å².